The lowest BCUT2D eigenvalue weighted by atomic mass is 10.3. The number of nitrogens with zero attached hydrogens (tertiary/aromatic N) is 1. The van der Waals surface area contributed by atoms with E-state index in [4.69, 9.17) is 5.73 Å². The van der Waals surface area contributed by atoms with Gasteiger partial charge in [0.05, 0.1) is 5.03 Å². The number of pyridine rings is 1. The van der Waals surface area contributed by atoms with Crippen LogP contribution in [-0.2, 0) is 0 Å². The van der Waals surface area contributed by atoms with Gasteiger partial charge in [0.15, 0.2) is 0 Å². The minimum Gasteiger partial charge on any atom is -0.364 e. The van der Waals surface area contributed by atoms with Gasteiger partial charge in [0, 0.05) is 0 Å². The van der Waals surface area contributed by atoms with Gasteiger partial charge in [0.2, 0.25) is 0 Å². The third kappa shape index (κ3) is 2.23. The zero-order valence-electron chi connectivity index (χ0n) is 6.78. The highest BCUT2D eigenvalue weighted by Crippen LogP contribution is 2.14. The summed E-state index contributed by atoms with van der Waals surface area (Å²) in [6, 6.07) is 5.26. The molecule has 2 N–H and O–H groups in total. The SMILES string of the molecule is CCSc1cccc(C(N)=O)n1. The van der Waals surface area contributed by atoms with Crippen molar-refractivity contribution in [2.45, 2.75) is 11.9 Å². The summed E-state index contributed by atoms with van der Waals surface area (Å²) in [6.45, 7) is 2.03. The highest BCUT2D eigenvalue weighted by Gasteiger charge is 2.01. The second-order valence-corrected chi connectivity index (χ2v) is 3.44. The standard InChI is InChI=1S/C8H10N2OS/c1-2-12-7-5-3-4-6(10-7)8(9)11/h3-5H,2H2,1H3,(H2,9,11). The first kappa shape index (κ1) is 9.06. The van der Waals surface area contributed by atoms with Crippen LogP contribution in [0.4, 0.5) is 0 Å². The van der Waals surface area contributed by atoms with Crippen molar-refractivity contribution in [2.24, 2.45) is 5.73 Å². The van der Waals surface area contributed by atoms with Crippen molar-refractivity contribution in [1.82, 2.24) is 4.98 Å². The van der Waals surface area contributed by atoms with Gasteiger partial charge in [0.1, 0.15) is 5.69 Å². The summed E-state index contributed by atoms with van der Waals surface area (Å²) in [4.78, 5) is 14.8. The lowest BCUT2D eigenvalue weighted by Crippen LogP contribution is -2.12. The van der Waals surface area contributed by atoms with Crippen molar-refractivity contribution in [2.75, 3.05) is 5.75 Å². The van der Waals surface area contributed by atoms with Crippen molar-refractivity contribution in [1.29, 1.82) is 0 Å². The van der Waals surface area contributed by atoms with E-state index >= 15 is 0 Å². The monoisotopic (exact) mass is 182 g/mol. The summed E-state index contributed by atoms with van der Waals surface area (Å²) in [5, 5.41) is 0.841. The molecule has 1 rings (SSSR count). The van der Waals surface area contributed by atoms with Gasteiger partial charge in [-0.05, 0) is 17.9 Å². The van der Waals surface area contributed by atoms with Crippen LogP contribution in [0.15, 0.2) is 23.2 Å². The molecule has 0 atom stereocenters. The number of carbonyl (C=O) groups excluding carboxylic acids is 1. The van der Waals surface area contributed by atoms with Crippen molar-refractivity contribution in [3.63, 3.8) is 0 Å². The van der Waals surface area contributed by atoms with Gasteiger partial charge in [0.25, 0.3) is 5.91 Å². The molecule has 0 unspecified atom stereocenters. The molecule has 0 aliphatic carbocycles. The molecule has 1 aromatic heterocycles. The maximum absolute atomic E-state index is 10.7. The Balaban J connectivity index is 2.88. The number of hydrogen-bond acceptors (Lipinski definition) is 3. The van der Waals surface area contributed by atoms with Crippen LogP contribution in [0, 0.1) is 0 Å². The molecule has 0 bridgehead atoms. The van der Waals surface area contributed by atoms with E-state index < -0.39 is 5.91 Å². The van der Waals surface area contributed by atoms with Crippen molar-refractivity contribution in [3.8, 4) is 0 Å². The number of aromatic nitrogens is 1. The summed E-state index contributed by atoms with van der Waals surface area (Å²) >= 11 is 1.59. The Morgan fingerprint density at radius 2 is 2.42 bits per heavy atom. The van der Waals surface area contributed by atoms with Crippen molar-refractivity contribution in [3.05, 3.63) is 23.9 Å². The first-order valence-corrected chi connectivity index (χ1v) is 4.62. The molecule has 1 heterocycles. The minimum atomic E-state index is -0.478. The van der Waals surface area contributed by atoms with E-state index in [1.165, 1.54) is 0 Å². The molecular weight excluding hydrogens is 172 g/mol. The fourth-order valence-electron chi connectivity index (χ4n) is 0.780. The Bertz CT molecular complexity index is 288. The second kappa shape index (κ2) is 4.11. The number of nitrogens with two attached hydrogens (primary N) is 1. The third-order valence-corrected chi connectivity index (χ3v) is 2.08. The van der Waals surface area contributed by atoms with Gasteiger partial charge in [-0.3, -0.25) is 4.79 Å². The summed E-state index contributed by atoms with van der Waals surface area (Å²) in [5.41, 5.74) is 5.40. The Hall–Kier alpha value is -1.03. The molecule has 0 fully saturated rings. The van der Waals surface area contributed by atoms with Gasteiger partial charge in [-0.1, -0.05) is 13.0 Å². The molecule has 1 amide bonds. The summed E-state index contributed by atoms with van der Waals surface area (Å²) < 4.78 is 0. The van der Waals surface area contributed by atoms with Gasteiger partial charge in [-0.25, -0.2) is 4.98 Å². The van der Waals surface area contributed by atoms with Crippen molar-refractivity contribution >= 4 is 17.7 Å². The number of carbonyl (C=O) groups is 1. The maximum atomic E-state index is 10.7. The fraction of sp³-hybridized carbons (Fsp3) is 0.250. The highest BCUT2D eigenvalue weighted by atomic mass is 32.2. The average Bonchev–Trinajstić information content (AvgIpc) is 2.05. The minimum absolute atomic E-state index is 0.327. The lowest BCUT2D eigenvalue weighted by Gasteiger charge is -1.98. The smallest absolute Gasteiger partial charge is 0.267 e. The number of hydrogen-bond donors (Lipinski definition) is 1. The first-order chi connectivity index (χ1) is 5.74. The van der Waals surface area contributed by atoms with E-state index in [0.29, 0.717) is 5.69 Å². The highest BCUT2D eigenvalue weighted by molar-refractivity contribution is 7.99. The number of primary amides is 1. The van der Waals surface area contributed by atoms with E-state index in [-0.39, 0.29) is 0 Å². The van der Waals surface area contributed by atoms with Crippen LogP contribution in [0.2, 0.25) is 0 Å². The maximum Gasteiger partial charge on any atom is 0.267 e. The van der Waals surface area contributed by atoms with Gasteiger partial charge >= 0.3 is 0 Å². The molecule has 0 saturated heterocycles. The van der Waals surface area contributed by atoms with Gasteiger partial charge in [-0.15, -0.1) is 11.8 Å². The van der Waals surface area contributed by atoms with Crippen LogP contribution in [-0.4, -0.2) is 16.6 Å². The molecule has 0 aromatic carbocycles. The zero-order chi connectivity index (χ0) is 8.97. The lowest BCUT2D eigenvalue weighted by molar-refractivity contribution is 0.0995. The van der Waals surface area contributed by atoms with E-state index in [1.807, 2.05) is 13.0 Å². The Kier molecular flexibility index (Phi) is 3.10. The molecule has 0 aliphatic heterocycles. The first-order valence-electron chi connectivity index (χ1n) is 3.63. The second-order valence-electron chi connectivity index (χ2n) is 2.16. The predicted octanol–water partition coefficient (Wildman–Crippen LogP) is 1.29. The average molecular weight is 182 g/mol. The molecule has 0 radical (unpaired) electrons. The molecule has 64 valence electrons. The van der Waals surface area contributed by atoms with Gasteiger partial charge < -0.3 is 5.73 Å². The quantitative estimate of drug-likeness (QED) is 0.717. The molecule has 4 heteroatoms. The Morgan fingerprint density at radius 1 is 1.67 bits per heavy atom. The van der Waals surface area contributed by atoms with Crippen LogP contribution in [0.5, 0.6) is 0 Å². The Labute approximate surface area is 75.4 Å². The van der Waals surface area contributed by atoms with Crippen LogP contribution in [0.25, 0.3) is 0 Å². The van der Waals surface area contributed by atoms with Crippen LogP contribution < -0.4 is 5.73 Å². The van der Waals surface area contributed by atoms with Crippen LogP contribution >= 0.6 is 11.8 Å². The molecular formula is C8H10N2OS. The van der Waals surface area contributed by atoms with E-state index in [2.05, 4.69) is 4.98 Å². The molecule has 12 heavy (non-hydrogen) atoms. The number of amides is 1. The normalized spacial score (nSPS) is 9.75. The topological polar surface area (TPSA) is 56.0 Å². The molecule has 0 saturated carbocycles. The molecule has 0 aliphatic rings. The molecule has 3 nitrogen and oxygen atoms in total. The fourth-order valence-corrected chi connectivity index (χ4v) is 1.41. The summed E-state index contributed by atoms with van der Waals surface area (Å²) in [5.74, 6) is 0.462. The van der Waals surface area contributed by atoms with E-state index in [9.17, 15) is 4.79 Å². The molecule has 1 aromatic rings. The molecule has 0 spiro atoms. The number of rotatable bonds is 3. The largest absolute Gasteiger partial charge is 0.364 e. The third-order valence-electron chi connectivity index (χ3n) is 1.27. The van der Waals surface area contributed by atoms with E-state index in [1.54, 1.807) is 23.9 Å². The van der Waals surface area contributed by atoms with E-state index in [0.717, 1.165) is 10.8 Å². The summed E-state index contributed by atoms with van der Waals surface area (Å²) in [7, 11) is 0. The summed E-state index contributed by atoms with van der Waals surface area (Å²) in [6.07, 6.45) is 0. The Morgan fingerprint density at radius 3 is 3.00 bits per heavy atom. The van der Waals surface area contributed by atoms with Crippen LogP contribution in [0.3, 0.4) is 0 Å². The number of thioether (sulfide) groups is 1. The van der Waals surface area contributed by atoms with Crippen molar-refractivity contribution < 1.29 is 4.79 Å². The predicted molar refractivity (Wildman–Crippen MR) is 49.2 cm³/mol. The zero-order valence-corrected chi connectivity index (χ0v) is 7.60. The van der Waals surface area contributed by atoms with Crippen LogP contribution in [0.1, 0.15) is 17.4 Å². The van der Waals surface area contributed by atoms with Gasteiger partial charge in [-0.2, -0.15) is 0 Å².